The smallest absolute Gasteiger partial charge is 0.337 e. The third kappa shape index (κ3) is 5.30. The Balaban J connectivity index is 1.89. The minimum absolute atomic E-state index is 0.253. The summed E-state index contributed by atoms with van der Waals surface area (Å²) in [6.07, 6.45) is -1.18. The fraction of sp³-hybridized carbons (Fsp3) is 0.355. The SMILES string of the molecule is Cc1ccc(-c2c(C)c3c(c(C)c2[C@H](OC(C)(C)C)C(=O)O)CN(C(=O)c2cc(C)cc(F)c2)C3)cc1. The third-order valence-electron chi connectivity index (χ3n) is 6.89. The lowest BCUT2D eigenvalue weighted by Crippen LogP contribution is -2.28. The molecule has 0 aliphatic carbocycles. The summed E-state index contributed by atoms with van der Waals surface area (Å²) in [4.78, 5) is 27.7. The van der Waals surface area contributed by atoms with Crippen molar-refractivity contribution in [1.82, 2.24) is 4.90 Å². The van der Waals surface area contributed by atoms with Gasteiger partial charge in [0.1, 0.15) is 5.82 Å². The number of benzene rings is 3. The molecule has 0 bridgehead atoms. The lowest BCUT2D eigenvalue weighted by molar-refractivity contribution is -0.160. The second-order valence-corrected chi connectivity index (χ2v) is 11.0. The van der Waals surface area contributed by atoms with E-state index in [1.807, 2.05) is 65.8 Å². The van der Waals surface area contributed by atoms with Crippen molar-refractivity contribution in [2.75, 3.05) is 0 Å². The first-order valence-electron chi connectivity index (χ1n) is 12.5. The van der Waals surface area contributed by atoms with E-state index in [0.717, 1.165) is 38.9 Å². The van der Waals surface area contributed by atoms with Crippen LogP contribution in [0.25, 0.3) is 11.1 Å². The first-order chi connectivity index (χ1) is 17.3. The molecule has 0 fully saturated rings. The number of carbonyl (C=O) groups is 2. The zero-order valence-corrected chi connectivity index (χ0v) is 22.5. The molecule has 1 aliphatic heterocycles. The van der Waals surface area contributed by atoms with Gasteiger partial charge in [0.05, 0.1) is 5.60 Å². The molecule has 1 amide bonds. The highest BCUT2D eigenvalue weighted by Crippen LogP contribution is 2.44. The molecule has 6 heteroatoms. The summed E-state index contributed by atoms with van der Waals surface area (Å²) < 4.78 is 20.2. The van der Waals surface area contributed by atoms with Gasteiger partial charge in [0, 0.05) is 24.2 Å². The third-order valence-corrected chi connectivity index (χ3v) is 6.89. The Kier molecular flexibility index (Phi) is 6.99. The first-order valence-corrected chi connectivity index (χ1v) is 12.5. The molecule has 194 valence electrons. The number of rotatable bonds is 5. The lowest BCUT2D eigenvalue weighted by atomic mass is 9.83. The number of aryl methyl sites for hydroxylation is 2. The maximum absolute atomic E-state index is 14.0. The van der Waals surface area contributed by atoms with Crippen molar-refractivity contribution >= 4 is 11.9 Å². The van der Waals surface area contributed by atoms with Crippen molar-refractivity contribution in [1.29, 1.82) is 0 Å². The van der Waals surface area contributed by atoms with Gasteiger partial charge in [-0.25, -0.2) is 9.18 Å². The maximum atomic E-state index is 14.0. The van der Waals surface area contributed by atoms with Crippen LogP contribution in [0, 0.1) is 33.5 Å². The Bertz CT molecular complexity index is 1370. The van der Waals surface area contributed by atoms with Gasteiger partial charge in [0.15, 0.2) is 6.10 Å². The van der Waals surface area contributed by atoms with E-state index in [1.54, 1.807) is 17.9 Å². The number of carbonyl (C=O) groups excluding carboxylic acids is 1. The maximum Gasteiger partial charge on any atom is 0.337 e. The van der Waals surface area contributed by atoms with Crippen LogP contribution in [0.3, 0.4) is 0 Å². The molecule has 37 heavy (non-hydrogen) atoms. The van der Waals surface area contributed by atoms with Crippen LogP contribution in [0.2, 0.25) is 0 Å². The van der Waals surface area contributed by atoms with Crippen molar-refractivity contribution in [3.63, 3.8) is 0 Å². The summed E-state index contributed by atoms with van der Waals surface area (Å²) in [7, 11) is 0. The summed E-state index contributed by atoms with van der Waals surface area (Å²) in [5.74, 6) is -1.76. The number of hydrogen-bond donors (Lipinski definition) is 1. The minimum atomic E-state index is -1.18. The van der Waals surface area contributed by atoms with E-state index >= 15 is 0 Å². The van der Waals surface area contributed by atoms with E-state index in [4.69, 9.17) is 4.74 Å². The number of nitrogens with zero attached hydrogens (tertiary/aromatic N) is 1. The number of hydrogen-bond acceptors (Lipinski definition) is 3. The number of ether oxygens (including phenoxy) is 1. The Morgan fingerprint density at radius 1 is 0.919 bits per heavy atom. The topological polar surface area (TPSA) is 66.8 Å². The molecule has 0 unspecified atom stereocenters. The van der Waals surface area contributed by atoms with E-state index in [1.165, 1.54) is 12.1 Å². The van der Waals surface area contributed by atoms with Gasteiger partial charge in [0.25, 0.3) is 5.91 Å². The second-order valence-electron chi connectivity index (χ2n) is 11.0. The van der Waals surface area contributed by atoms with E-state index in [-0.39, 0.29) is 5.91 Å². The second kappa shape index (κ2) is 9.75. The summed E-state index contributed by atoms with van der Waals surface area (Å²) in [6.45, 7) is 13.9. The molecule has 3 aromatic carbocycles. The van der Waals surface area contributed by atoms with Crippen molar-refractivity contribution in [2.45, 2.75) is 73.3 Å². The largest absolute Gasteiger partial charge is 0.479 e. The summed E-state index contributed by atoms with van der Waals surface area (Å²) in [5, 5.41) is 10.3. The Hall–Kier alpha value is -3.51. The number of halogens is 1. The molecule has 1 N–H and O–H groups in total. The van der Waals surface area contributed by atoms with Crippen molar-refractivity contribution in [2.24, 2.45) is 0 Å². The van der Waals surface area contributed by atoms with Crippen LogP contribution in [0.1, 0.15) is 76.2 Å². The fourth-order valence-electron chi connectivity index (χ4n) is 5.21. The lowest BCUT2D eigenvalue weighted by Gasteiger charge is -2.29. The quantitative estimate of drug-likeness (QED) is 0.415. The normalized spacial score (nSPS) is 14.0. The van der Waals surface area contributed by atoms with Gasteiger partial charge < -0.3 is 14.7 Å². The van der Waals surface area contributed by atoms with Gasteiger partial charge in [-0.3, -0.25) is 4.79 Å². The Morgan fingerprint density at radius 2 is 1.51 bits per heavy atom. The fourth-order valence-corrected chi connectivity index (χ4v) is 5.21. The zero-order chi connectivity index (χ0) is 27.2. The molecule has 3 aromatic rings. The summed E-state index contributed by atoms with van der Waals surface area (Å²) in [5.41, 5.74) is 7.38. The minimum Gasteiger partial charge on any atom is -0.479 e. The predicted molar refractivity (Wildman–Crippen MR) is 142 cm³/mol. The highest BCUT2D eigenvalue weighted by Gasteiger charge is 2.36. The molecule has 1 heterocycles. The van der Waals surface area contributed by atoms with Crippen LogP contribution in [-0.2, 0) is 22.6 Å². The average Bonchev–Trinajstić information content (AvgIpc) is 3.25. The Morgan fingerprint density at radius 3 is 2.05 bits per heavy atom. The van der Waals surface area contributed by atoms with Gasteiger partial charge in [-0.2, -0.15) is 0 Å². The van der Waals surface area contributed by atoms with E-state index in [9.17, 15) is 19.1 Å². The molecule has 0 aromatic heterocycles. The standard InChI is InChI=1S/C31H34FNO4/c1-17-8-10-21(11-9-17)26-19(3)24-15-33(29(34)22-12-18(2)13-23(32)14-22)16-25(24)20(4)27(26)28(30(35)36)37-31(5,6)7/h8-14,28H,15-16H2,1-7H3,(H,35,36)/t28-/m0/s1. The number of carboxylic acid groups (broad SMARTS) is 1. The molecule has 0 radical (unpaired) electrons. The molecule has 1 aliphatic rings. The van der Waals surface area contributed by atoms with E-state index in [0.29, 0.717) is 29.8 Å². The van der Waals surface area contributed by atoms with Gasteiger partial charge >= 0.3 is 5.97 Å². The van der Waals surface area contributed by atoms with Crippen LogP contribution in [0.4, 0.5) is 4.39 Å². The van der Waals surface area contributed by atoms with Crippen LogP contribution in [0.15, 0.2) is 42.5 Å². The number of carboxylic acids is 1. The Labute approximate surface area is 217 Å². The zero-order valence-electron chi connectivity index (χ0n) is 22.5. The molecular formula is C31H34FNO4. The van der Waals surface area contributed by atoms with E-state index in [2.05, 4.69) is 0 Å². The predicted octanol–water partition coefficient (Wildman–Crippen LogP) is 6.82. The molecular weight excluding hydrogens is 469 g/mol. The van der Waals surface area contributed by atoms with Crippen LogP contribution in [0.5, 0.6) is 0 Å². The number of amides is 1. The van der Waals surface area contributed by atoms with Gasteiger partial charge in [0.2, 0.25) is 0 Å². The average molecular weight is 504 g/mol. The highest BCUT2D eigenvalue weighted by molar-refractivity contribution is 5.95. The summed E-state index contributed by atoms with van der Waals surface area (Å²) >= 11 is 0. The number of fused-ring (bicyclic) bond motifs is 1. The van der Waals surface area contributed by atoms with Crippen LogP contribution >= 0.6 is 0 Å². The van der Waals surface area contributed by atoms with Crippen molar-refractivity contribution < 1.29 is 23.8 Å². The van der Waals surface area contributed by atoms with Crippen molar-refractivity contribution in [3.8, 4) is 11.1 Å². The molecule has 4 rings (SSSR count). The van der Waals surface area contributed by atoms with Gasteiger partial charge in [-0.15, -0.1) is 0 Å². The van der Waals surface area contributed by atoms with Gasteiger partial charge in [-0.1, -0.05) is 29.8 Å². The first kappa shape index (κ1) is 26.6. The summed E-state index contributed by atoms with van der Waals surface area (Å²) in [6, 6.07) is 12.3. The molecule has 5 nitrogen and oxygen atoms in total. The van der Waals surface area contributed by atoms with Gasteiger partial charge in [-0.05, 0) is 106 Å². The molecule has 1 atom stereocenters. The highest BCUT2D eigenvalue weighted by atomic mass is 19.1. The number of aliphatic carboxylic acids is 1. The van der Waals surface area contributed by atoms with E-state index < -0.39 is 23.5 Å². The monoisotopic (exact) mass is 503 g/mol. The van der Waals surface area contributed by atoms with Crippen molar-refractivity contribution in [3.05, 3.63) is 92.8 Å². The molecule has 0 spiro atoms. The molecule has 0 saturated heterocycles. The van der Waals surface area contributed by atoms with Crippen LogP contribution in [-0.4, -0.2) is 27.5 Å². The molecule has 0 saturated carbocycles. The van der Waals surface area contributed by atoms with Crippen LogP contribution < -0.4 is 0 Å².